The van der Waals surface area contributed by atoms with Crippen LogP contribution in [0.1, 0.15) is 10.4 Å². The minimum Gasteiger partial charge on any atom is -0.431 e. The molecular formula is C5H4NO3. The number of amides is 1. The lowest BCUT2D eigenvalue weighted by atomic mass is 10.3. The van der Waals surface area contributed by atoms with Crippen molar-refractivity contribution < 1.29 is 14.3 Å². The Morgan fingerprint density at radius 1 is 1.67 bits per heavy atom. The summed E-state index contributed by atoms with van der Waals surface area (Å²) in [7, 11) is 0. The van der Waals surface area contributed by atoms with Crippen molar-refractivity contribution in [3.63, 3.8) is 0 Å². The van der Waals surface area contributed by atoms with E-state index in [0.29, 0.717) is 0 Å². The molecule has 0 aliphatic heterocycles. The molecule has 0 fully saturated rings. The fourth-order valence-electron chi connectivity index (χ4n) is 0.478. The van der Waals surface area contributed by atoms with Crippen LogP contribution in [0, 0.1) is 0 Å². The Balaban J connectivity index is 3.08. The average Bonchev–Trinajstić information content (AvgIpc) is 2.13. The van der Waals surface area contributed by atoms with Crippen LogP contribution >= 0.6 is 0 Å². The quantitative estimate of drug-likeness (QED) is 0.595. The fraction of sp³-hybridized carbons (Fsp3) is 0. The molecule has 1 aromatic heterocycles. The van der Waals surface area contributed by atoms with E-state index in [4.69, 9.17) is 5.73 Å². The Hall–Kier alpha value is -1.45. The van der Waals surface area contributed by atoms with E-state index in [0.717, 1.165) is 6.26 Å². The van der Waals surface area contributed by atoms with Crippen LogP contribution in [-0.4, -0.2) is 5.91 Å². The highest BCUT2D eigenvalue weighted by Crippen LogP contribution is 2.16. The normalized spacial score (nSPS) is 9.33. The Labute approximate surface area is 50.9 Å². The smallest absolute Gasteiger partial charge is 0.348 e. The second kappa shape index (κ2) is 1.81. The van der Waals surface area contributed by atoms with E-state index in [-0.39, 0.29) is 5.56 Å². The van der Waals surface area contributed by atoms with E-state index < -0.39 is 11.9 Å². The first-order chi connectivity index (χ1) is 4.22. The van der Waals surface area contributed by atoms with E-state index in [2.05, 4.69) is 4.42 Å². The van der Waals surface area contributed by atoms with Gasteiger partial charge >= 0.3 is 5.95 Å². The lowest BCUT2D eigenvalue weighted by molar-refractivity contribution is 0.0992. The SMILES string of the molecule is NC(=O)c1ccoc1[O]. The van der Waals surface area contributed by atoms with Gasteiger partial charge in [0.25, 0.3) is 5.91 Å². The summed E-state index contributed by atoms with van der Waals surface area (Å²) >= 11 is 0. The van der Waals surface area contributed by atoms with Gasteiger partial charge in [-0.2, -0.15) is 0 Å². The Morgan fingerprint density at radius 2 is 2.33 bits per heavy atom. The molecule has 1 heterocycles. The van der Waals surface area contributed by atoms with Crippen LogP contribution in [-0.2, 0) is 5.11 Å². The van der Waals surface area contributed by atoms with Gasteiger partial charge in [-0.1, -0.05) is 0 Å². The number of hydrogen-bond donors (Lipinski definition) is 1. The van der Waals surface area contributed by atoms with Gasteiger partial charge in [0.05, 0.1) is 6.26 Å². The molecule has 0 atom stereocenters. The third-order valence-electron chi connectivity index (χ3n) is 0.895. The monoisotopic (exact) mass is 126 g/mol. The van der Waals surface area contributed by atoms with Gasteiger partial charge in [-0.25, -0.2) is 5.11 Å². The number of rotatable bonds is 1. The summed E-state index contributed by atoms with van der Waals surface area (Å²) in [5.41, 5.74) is 4.66. The van der Waals surface area contributed by atoms with Gasteiger partial charge in [0.1, 0.15) is 5.56 Å². The molecule has 0 saturated heterocycles. The van der Waals surface area contributed by atoms with Gasteiger partial charge in [0.15, 0.2) is 0 Å². The van der Waals surface area contributed by atoms with Crippen LogP contribution in [0.4, 0.5) is 0 Å². The van der Waals surface area contributed by atoms with Crippen LogP contribution in [0.2, 0.25) is 0 Å². The standard InChI is InChI=1S/C5H4NO3/c6-4(7)3-1-2-9-5(3)8/h1-2H,(H2,6,7). The molecule has 1 rings (SSSR count). The topological polar surface area (TPSA) is 76.1 Å². The molecule has 4 heteroatoms. The number of hydrogen-bond acceptors (Lipinski definition) is 2. The highest BCUT2D eigenvalue weighted by atomic mass is 16.5. The molecule has 1 amide bonds. The summed E-state index contributed by atoms with van der Waals surface area (Å²) in [5, 5.41) is 10.4. The van der Waals surface area contributed by atoms with Crippen molar-refractivity contribution in [2.24, 2.45) is 5.73 Å². The van der Waals surface area contributed by atoms with Crippen molar-refractivity contribution >= 4 is 5.91 Å². The summed E-state index contributed by atoms with van der Waals surface area (Å²) in [6.45, 7) is 0. The Bertz CT molecular complexity index is 228. The van der Waals surface area contributed by atoms with Crippen LogP contribution < -0.4 is 5.73 Å². The molecule has 9 heavy (non-hydrogen) atoms. The summed E-state index contributed by atoms with van der Waals surface area (Å²) in [5.74, 6) is -1.43. The largest absolute Gasteiger partial charge is 0.431 e. The fourth-order valence-corrected chi connectivity index (χ4v) is 0.478. The molecule has 1 aromatic rings. The molecule has 0 aromatic carbocycles. The second-order valence-corrected chi connectivity index (χ2v) is 1.49. The molecule has 0 bridgehead atoms. The first-order valence-corrected chi connectivity index (χ1v) is 2.26. The third-order valence-corrected chi connectivity index (χ3v) is 0.895. The van der Waals surface area contributed by atoms with Gasteiger partial charge < -0.3 is 10.2 Å². The Morgan fingerprint density at radius 3 is 2.56 bits per heavy atom. The lowest BCUT2D eigenvalue weighted by Gasteiger charge is -1.82. The molecule has 0 aliphatic carbocycles. The average molecular weight is 126 g/mol. The molecule has 2 N–H and O–H groups in total. The van der Waals surface area contributed by atoms with Crippen LogP contribution in [0.5, 0.6) is 5.95 Å². The maximum absolute atomic E-state index is 10.4. The second-order valence-electron chi connectivity index (χ2n) is 1.49. The molecule has 0 saturated carbocycles. The number of carbonyl (C=O) groups excluding carboxylic acids is 1. The summed E-state index contributed by atoms with van der Waals surface area (Å²) in [6, 6.07) is 1.24. The molecule has 0 aliphatic rings. The van der Waals surface area contributed by atoms with Crippen molar-refractivity contribution in [2.75, 3.05) is 0 Å². The molecule has 0 unspecified atom stereocenters. The van der Waals surface area contributed by atoms with Crippen molar-refractivity contribution in [1.29, 1.82) is 0 Å². The van der Waals surface area contributed by atoms with Crippen molar-refractivity contribution in [2.45, 2.75) is 0 Å². The predicted octanol–water partition coefficient (Wildman–Crippen LogP) is 0.522. The maximum Gasteiger partial charge on any atom is 0.348 e. The molecule has 0 spiro atoms. The number of furan rings is 1. The van der Waals surface area contributed by atoms with Crippen molar-refractivity contribution in [3.8, 4) is 5.95 Å². The summed E-state index contributed by atoms with van der Waals surface area (Å²) < 4.78 is 4.27. The number of primary amides is 1. The predicted molar refractivity (Wildman–Crippen MR) is 27.4 cm³/mol. The van der Waals surface area contributed by atoms with E-state index in [1.165, 1.54) is 6.07 Å². The van der Waals surface area contributed by atoms with Gasteiger partial charge in [0.2, 0.25) is 0 Å². The zero-order chi connectivity index (χ0) is 6.85. The van der Waals surface area contributed by atoms with Crippen molar-refractivity contribution in [3.05, 3.63) is 17.9 Å². The minimum atomic E-state index is -0.756. The first-order valence-electron chi connectivity index (χ1n) is 2.26. The van der Waals surface area contributed by atoms with E-state index in [1.807, 2.05) is 0 Å². The van der Waals surface area contributed by atoms with Gasteiger partial charge in [0, 0.05) is 0 Å². The summed E-state index contributed by atoms with van der Waals surface area (Å²) in [6.07, 6.45) is 1.13. The number of nitrogens with two attached hydrogens (primary N) is 1. The van der Waals surface area contributed by atoms with Crippen molar-refractivity contribution in [1.82, 2.24) is 0 Å². The molecule has 1 radical (unpaired) electrons. The third kappa shape index (κ3) is 0.861. The zero-order valence-electron chi connectivity index (χ0n) is 4.46. The number of carbonyl (C=O) groups is 1. The van der Waals surface area contributed by atoms with Crippen LogP contribution in [0.15, 0.2) is 16.7 Å². The van der Waals surface area contributed by atoms with Gasteiger partial charge in [-0.3, -0.25) is 4.79 Å². The van der Waals surface area contributed by atoms with E-state index in [1.54, 1.807) is 0 Å². The van der Waals surface area contributed by atoms with Gasteiger partial charge in [-0.05, 0) is 6.07 Å². The summed E-state index contributed by atoms with van der Waals surface area (Å²) in [4.78, 5) is 10.2. The highest BCUT2D eigenvalue weighted by molar-refractivity contribution is 5.94. The molecule has 4 nitrogen and oxygen atoms in total. The molecule has 47 valence electrons. The molecular weight excluding hydrogens is 122 g/mol. The Kier molecular flexibility index (Phi) is 1.14. The van der Waals surface area contributed by atoms with Crippen LogP contribution in [0.25, 0.3) is 0 Å². The van der Waals surface area contributed by atoms with E-state index in [9.17, 15) is 9.90 Å². The zero-order valence-corrected chi connectivity index (χ0v) is 4.46. The minimum absolute atomic E-state index is 0.102. The lowest BCUT2D eigenvalue weighted by Crippen LogP contribution is -2.09. The van der Waals surface area contributed by atoms with Crippen LogP contribution in [0.3, 0.4) is 0 Å². The van der Waals surface area contributed by atoms with E-state index >= 15 is 0 Å². The van der Waals surface area contributed by atoms with Gasteiger partial charge in [-0.15, -0.1) is 0 Å². The first kappa shape index (κ1) is 5.68. The highest BCUT2D eigenvalue weighted by Gasteiger charge is 2.10. The maximum atomic E-state index is 10.4.